The van der Waals surface area contributed by atoms with Crippen LogP contribution < -0.4 is 19.5 Å². The fraction of sp³-hybridized carbons (Fsp3) is 0.409. The molecule has 2 aromatic carbocycles. The highest BCUT2D eigenvalue weighted by Gasteiger charge is 2.16. The number of carbonyl (C=O) groups is 1. The molecule has 0 bridgehead atoms. The molecule has 5 nitrogen and oxygen atoms in total. The van der Waals surface area contributed by atoms with E-state index in [0.29, 0.717) is 36.1 Å². The maximum Gasteiger partial charge on any atom is 0.251 e. The third-order valence-electron chi connectivity index (χ3n) is 5.25. The maximum atomic E-state index is 12.2. The lowest BCUT2D eigenvalue weighted by molar-refractivity contribution is 0.0946. The first-order valence-corrected chi connectivity index (χ1v) is 9.70. The van der Waals surface area contributed by atoms with Gasteiger partial charge in [0.2, 0.25) is 6.79 Å². The van der Waals surface area contributed by atoms with Gasteiger partial charge in [-0.3, -0.25) is 4.79 Å². The van der Waals surface area contributed by atoms with Crippen LogP contribution in [0.15, 0.2) is 42.5 Å². The van der Waals surface area contributed by atoms with Gasteiger partial charge < -0.3 is 19.5 Å². The smallest absolute Gasteiger partial charge is 0.251 e. The molecule has 142 valence electrons. The zero-order valence-corrected chi connectivity index (χ0v) is 15.4. The summed E-state index contributed by atoms with van der Waals surface area (Å²) < 4.78 is 16.3. The summed E-state index contributed by atoms with van der Waals surface area (Å²) in [5, 5.41) is 2.86. The lowest BCUT2D eigenvalue weighted by Gasteiger charge is -2.22. The Morgan fingerprint density at radius 2 is 1.78 bits per heavy atom. The summed E-state index contributed by atoms with van der Waals surface area (Å²) in [7, 11) is 0. The number of hydrogen-bond acceptors (Lipinski definition) is 4. The molecule has 27 heavy (non-hydrogen) atoms. The summed E-state index contributed by atoms with van der Waals surface area (Å²) >= 11 is 0. The van der Waals surface area contributed by atoms with Gasteiger partial charge in [0.1, 0.15) is 12.4 Å². The Kier molecular flexibility index (Phi) is 5.47. The van der Waals surface area contributed by atoms with E-state index in [-0.39, 0.29) is 12.7 Å². The molecule has 4 rings (SSSR count). The first kappa shape index (κ1) is 17.7. The molecule has 0 aromatic heterocycles. The molecule has 5 heteroatoms. The fourth-order valence-electron chi connectivity index (χ4n) is 3.75. The van der Waals surface area contributed by atoms with E-state index in [2.05, 4.69) is 17.4 Å². The van der Waals surface area contributed by atoms with E-state index in [1.165, 1.54) is 37.7 Å². The highest BCUT2D eigenvalue weighted by Crippen LogP contribution is 2.33. The quantitative estimate of drug-likeness (QED) is 0.775. The second-order valence-electron chi connectivity index (χ2n) is 7.08. The van der Waals surface area contributed by atoms with Crippen LogP contribution in [0.2, 0.25) is 0 Å². The number of ether oxygens (including phenoxy) is 3. The molecule has 0 saturated heterocycles. The van der Waals surface area contributed by atoms with Gasteiger partial charge in [0.25, 0.3) is 5.91 Å². The van der Waals surface area contributed by atoms with Crippen LogP contribution in [0.25, 0.3) is 0 Å². The Labute approximate surface area is 159 Å². The van der Waals surface area contributed by atoms with Crippen LogP contribution in [0.1, 0.15) is 53.9 Å². The van der Waals surface area contributed by atoms with E-state index < -0.39 is 0 Å². The Balaban J connectivity index is 1.22. The van der Waals surface area contributed by atoms with Crippen LogP contribution in [0.5, 0.6) is 17.2 Å². The monoisotopic (exact) mass is 367 g/mol. The van der Waals surface area contributed by atoms with Gasteiger partial charge in [0.05, 0.1) is 6.54 Å². The maximum absolute atomic E-state index is 12.2. The van der Waals surface area contributed by atoms with Crippen molar-refractivity contribution in [3.05, 3.63) is 53.6 Å². The minimum absolute atomic E-state index is 0.149. The molecule has 1 N–H and O–H groups in total. The summed E-state index contributed by atoms with van der Waals surface area (Å²) in [6.45, 7) is 1.07. The van der Waals surface area contributed by atoms with Crippen LogP contribution in [-0.4, -0.2) is 25.9 Å². The first-order valence-electron chi connectivity index (χ1n) is 9.70. The van der Waals surface area contributed by atoms with Crippen LogP contribution >= 0.6 is 0 Å². The molecule has 1 aliphatic heterocycles. The average molecular weight is 367 g/mol. The Hall–Kier alpha value is -2.69. The fourth-order valence-corrected chi connectivity index (χ4v) is 3.75. The summed E-state index contributed by atoms with van der Waals surface area (Å²) in [5.74, 6) is 2.67. The molecule has 2 aromatic rings. The van der Waals surface area contributed by atoms with E-state index in [4.69, 9.17) is 14.2 Å². The van der Waals surface area contributed by atoms with Crippen molar-refractivity contribution < 1.29 is 19.0 Å². The van der Waals surface area contributed by atoms with Crippen LogP contribution in [0.4, 0.5) is 0 Å². The van der Waals surface area contributed by atoms with Gasteiger partial charge in [-0.2, -0.15) is 0 Å². The van der Waals surface area contributed by atoms with Gasteiger partial charge in [0.15, 0.2) is 11.5 Å². The minimum atomic E-state index is -0.149. The highest BCUT2D eigenvalue weighted by atomic mass is 16.7. The predicted molar refractivity (Wildman–Crippen MR) is 103 cm³/mol. The third-order valence-corrected chi connectivity index (χ3v) is 5.25. The van der Waals surface area contributed by atoms with E-state index in [1.54, 1.807) is 18.2 Å². The number of nitrogens with one attached hydrogen (secondary N) is 1. The topological polar surface area (TPSA) is 56.8 Å². The zero-order valence-electron chi connectivity index (χ0n) is 15.4. The van der Waals surface area contributed by atoms with Crippen molar-refractivity contribution in [1.29, 1.82) is 0 Å². The van der Waals surface area contributed by atoms with Crippen molar-refractivity contribution in [2.75, 3.05) is 19.9 Å². The van der Waals surface area contributed by atoms with Gasteiger partial charge in [-0.1, -0.05) is 31.4 Å². The molecule has 2 aliphatic rings. The van der Waals surface area contributed by atoms with Crippen molar-refractivity contribution in [3.63, 3.8) is 0 Å². The molecule has 1 heterocycles. The van der Waals surface area contributed by atoms with Crippen LogP contribution in [0.3, 0.4) is 0 Å². The van der Waals surface area contributed by atoms with Crippen molar-refractivity contribution in [2.24, 2.45) is 0 Å². The second kappa shape index (κ2) is 8.33. The lowest BCUT2D eigenvalue weighted by Crippen LogP contribution is -2.28. The Bertz CT molecular complexity index is 781. The molecule has 1 amide bonds. The standard InChI is InChI=1S/C22H25NO4/c24-22(18-8-11-20-21(14-18)27-15-26-20)23-12-13-25-19-9-6-17(7-10-19)16-4-2-1-3-5-16/h6-11,14,16H,1-5,12-13,15H2,(H,23,24). The average Bonchev–Trinajstić information content (AvgIpc) is 3.20. The molecular formula is C22H25NO4. The van der Waals surface area contributed by atoms with Crippen LogP contribution in [-0.2, 0) is 0 Å². The molecule has 1 aliphatic carbocycles. The van der Waals surface area contributed by atoms with Crippen LogP contribution in [0, 0.1) is 0 Å². The van der Waals surface area contributed by atoms with Crippen molar-refractivity contribution in [1.82, 2.24) is 5.32 Å². The van der Waals surface area contributed by atoms with Gasteiger partial charge >= 0.3 is 0 Å². The number of amides is 1. The van der Waals surface area contributed by atoms with Gasteiger partial charge in [-0.25, -0.2) is 0 Å². The van der Waals surface area contributed by atoms with Gasteiger partial charge in [-0.05, 0) is 54.7 Å². The normalized spacial score (nSPS) is 16.1. The minimum Gasteiger partial charge on any atom is -0.492 e. The van der Waals surface area contributed by atoms with Gasteiger partial charge in [0, 0.05) is 5.56 Å². The summed E-state index contributed by atoms with van der Waals surface area (Å²) in [6, 6.07) is 13.6. The predicted octanol–water partition coefficient (Wildman–Crippen LogP) is 4.27. The number of rotatable bonds is 6. The number of benzene rings is 2. The third kappa shape index (κ3) is 4.35. The Morgan fingerprint density at radius 1 is 1.00 bits per heavy atom. The van der Waals surface area contributed by atoms with E-state index in [1.807, 2.05) is 12.1 Å². The van der Waals surface area contributed by atoms with Crippen molar-refractivity contribution in [2.45, 2.75) is 38.0 Å². The highest BCUT2D eigenvalue weighted by molar-refractivity contribution is 5.94. The molecule has 0 unspecified atom stereocenters. The van der Waals surface area contributed by atoms with Crippen molar-refractivity contribution >= 4 is 5.91 Å². The summed E-state index contributed by atoms with van der Waals surface area (Å²) in [6.07, 6.45) is 6.64. The first-order chi connectivity index (χ1) is 13.3. The van der Waals surface area contributed by atoms with E-state index in [0.717, 1.165) is 5.75 Å². The van der Waals surface area contributed by atoms with Gasteiger partial charge in [-0.15, -0.1) is 0 Å². The zero-order chi connectivity index (χ0) is 18.5. The summed E-state index contributed by atoms with van der Waals surface area (Å²) in [5.41, 5.74) is 1.97. The molecule has 0 radical (unpaired) electrons. The second-order valence-corrected chi connectivity index (χ2v) is 7.08. The SMILES string of the molecule is O=C(NCCOc1ccc(C2CCCCC2)cc1)c1ccc2c(c1)OCO2. The molecule has 1 saturated carbocycles. The molecule has 1 fully saturated rings. The lowest BCUT2D eigenvalue weighted by atomic mass is 9.84. The molecular weight excluding hydrogens is 342 g/mol. The largest absolute Gasteiger partial charge is 0.492 e. The Morgan fingerprint density at radius 3 is 2.59 bits per heavy atom. The van der Waals surface area contributed by atoms with E-state index in [9.17, 15) is 4.79 Å². The number of carbonyl (C=O) groups excluding carboxylic acids is 1. The number of hydrogen-bond donors (Lipinski definition) is 1. The van der Waals surface area contributed by atoms with Crippen molar-refractivity contribution in [3.8, 4) is 17.2 Å². The number of fused-ring (bicyclic) bond motifs is 1. The molecule has 0 atom stereocenters. The molecule has 0 spiro atoms. The summed E-state index contributed by atoms with van der Waals surface area (Å²) in [4.78, 5) is 12.2. The van der Waals surface area contributed by atoms with E-state index >= 15 is 0 Å².